The average molecular weight is 266 g/mol. The Kier molecular flexibility index (Phi) is 4.40. The molecule has 0 aliphatic rings. The van der Waals surface area contributed by atoms with Crippen LogP contribution >= 0.6 is 0 Å². The molecule has 0 aromatic carbocycles. The third-order valence-corrected chi connectivity index (χ3v) is 2.95. The van der Waals surface area contributed by atoms with Crippen LogP contribution in [0.1, 0.15) is 21.6 Å². The molecule has 0 fully saturated rings. The summed E-state index contributed by atoms with van der Waals surface area (Å²) in [5, 5.41) is 8.79. The van der Waals surface area contributed by atoms with Crippen LogP contribution in [0.3, 0.4) is 0 Å². The largest absolute Gasteiger partial charge is 0.341 e. The van der Waals surface area contributed by atoms with E-state index in [2.05, 4.69) is 9.97 Å². The second-order valence-electron chi connectivity index (χ2n) is 4.37. The molecule has 0 saturated carbocycles. The van der Waals surface area contributed by atoms with E-state index in [1.165, 1.54) is 12.3 Å². The first kappa shape index (κ1) is 13.7. The van der Waals surface area contributed by atoms with Gasteiger partial charge in [0.25, 0.3) is 5.91 Å². The molecule has 0 aliphatic carbocycles. The Labute approximate surface area is 117 Å². The topological polar surface area (TPSA) is 69.9 Å². The molecule has 20 heavy (non-hydrogen) atoms. The van der Waals surface area contributed by atoms with Gasteiger partial charge in [-0.25, -0.2) is 4.98 Å². The zero-order chi connectivity index (χ0) is 14.4. The van der Waals surface area contributed by atoms with E-state index in [1.54, 1.807) is 30.4 Å². The van der Waals surface area contributed by atoms with E-state index in [1.807, 2.05) is 18.2 Å². The number of aromatic nitrogens is 2. The molecule has 5 heteroatoms. The molecule has 0 bridgehead atoms. The predicted octanol–water partition coefficient (Wildman–Crippen LogP) is 1.66. The number of pyridine rings is 2. The number of carbonyl (C=O) groups excluding carboxylic acids is 1. The van der Waals surface area contributed by atoms with E-state index < -0.39 is 0 Å². The quantitative estimate of drug-likeness (QED) is 0.844. The van der Waals surface area contributed by atoms with Crippen molar-refractivity contribution in [2.24, 2.45) is 0 Å². The third kappa shape index (κ3) is 3.39. The minimum Gasteiger partial charge on any atom is -0.341 e. The van der Waals surface area contributed by atoms with Crippen LogP contribution in [0.25, 0.3) is 0 Å². The Morgan fingerprint density at radius 1 is 1.30 bits per heavy atom. The Bertz CT molecular complexity index is 634. The normalized spacial score (nSPS) is 9.80. The maximum atomic E-state index is 12.2. The molecule has 0 atom stereocenters. The maximum Gasteiger partial charge on any atom is 0.253 e. The van der Waals surface area contributed by atoms with E-state index in [-0.39, 0.29) is 11.6 Å². The second-order valence-corrected chi connectivity index (χ2v) is 4.37. The molecule has 100 valence electrons. The first-order chi connectivity index (χ1) is 9.70. The molecular formula is C15H14N4O. The van der Waals surface area contributed by atoms with Gasteiger partial charge in [0.15, 0.2) is 0 Å². The van der Waals surface area contributed by atoms with Gasteiger partial charge in [0.2, 0.25) is 0 Å². The fourth-order valence-corrected chi connectivity index (χ4v) is 1.79. The van der Waals surface area contributed by atoms with Gasteiger partial charge >= 0.3 is 0 Å². The van der Waals surface area contributed by atoms with Crippen LogP contribution in [-0.2, 0) is 6.42 Å². The Hall–Kier alpha value is -2.74. The number of nitriles is 1. The first-order valence-electron chi connectivity index (χ1n) is 6.21. The van der Waals surface area contributed by atoms with Crippen molar-refractivity contribution in [1.82, 2.24) is 14.9 Å². The number of rotatable bonds is 4. The van der Waals surface area contributed by atoms with Gasteiger partial charge in [-0.2, -0.15) is 5.26 Å². The van der Waals surface area contributed by atoms with Crippen LogP contribution in [0.15, 0.2) is 42.9 Å². The van der Waals surface area contributed by atoms with Gasteiger partial charge in [0.1, 0.15) is 11.8 Å². The molecule has 2 heterocycles. The van der Waals surface area contributed by atoms with Gasteiger partial charge in [-0.1, -0.05) is 0 Å². The summed E-state index contributed by atoms with van der Waals surface area (Å²) in [6.45, 7) is 0.604. The predicted molar refractivity (Wildman–Crippen MR) is 73.9 cm³/mol. The standard InChI is InChI=1S/C15H14N4O/c1-19(9-5-12-2-6-17-7-3-12)15(20)13-4-8-18-14(10-13)11-16/h2-4,6-8,10H,5,9H2,1H3. The zero-order valence-corrected chi connectivity index (χ0v) is 11.2. The summed E-state index contributed by atoms with van der Waals surface area (Å²) in [5.74, 6) is -0.113. The fraction of sp³-hybridized carbons (Fsp3) is 0.200. The molecular weight excluding hydrogens is 252 g/mol. The van der Waals surface area contributed by atoms with E-state index >= 15 is 0 Å². The van der Waals surface area contributed by atoms with Crippen LogP contribution in [0.5, 0.6) is 0 Å². The molecule has 0 saturated heterocycles. The average Bonchev–Trinajstić information content (AvgIpc) is 2.53. The highest BCUT2D eigenvalue weighted by molar-refractivity contribution is 5.94. The lowest BCUT2D eigenvalue weighted by Crippen LogP contribution is -2.28. The minimum absolute atomic E-state index is 0.113. The van der Waals surface area contributed by atoms with Crippen molar-refractivity contribution < 1.29 is 4.79 Å². The van der Waals surface area contributed by atoms with E-state index in [4.69, 9.17) is 5.26 Å². The lowest BCUT2D eigenvalue weighted by Gasteiger charge is -2.17. The maximum absolute atomic E-state index is 12.2. The smallest absolute Gasteiger partial charge is 0.253 e. The second kappa shape index (κ2) is 6.43. The summed E-state index contributed by atoms with van der Waals surface area (Å²) in [6.07, 6.45) is 5.71. The fourth-order valence-electron chi connectivity index (χ4n) is 1.79. The molecule has 0 N–H and O–H groups in total. The molecule has 0 radical (unpaired) electrons. The van der Waals surface area contributed by atoms with Gasteiger partial charge in [0.05, 0.1) is 0 Å². The summed E-state index contributed by atoms with van der Waals surface area (Å²) >= 11 is 0. The van der Waals surface area contributed by atoms with Crippen molar-refractivity contribution in [3.63, 3.8) is 0 Å². The molecule has 0 aliphatic heterocycles. The molecule has 2 aromatic heterocycles. The van der Waals surface area contributed by atoms with Crippen LogP contribution in [0.2, 0.25) is 0 Å². The van der Waals surface area contributed by atoms with Gasteiger partial charge in [-0.3, -0.25) is 9.78 Å². The molecule has 2 rings (SSSR count). The summed E-state index contributed by atoms with van der Waals surface area (Å²) in [5.41, 5.74) is 1.86. The first-order valence-corrected chi connectivity index (χ1v) is 6.21. The van der Waals surface area contributed by atoms with Crippen molar-refractivity contribution in [3.05, 3.63) is 59.7 Å². The molecule has 0 spiro atoms. The third-order valence-electron chi connectivity index (χ3n) is 2.95. The Morgan fingerprint density at radius 2 is 2.05 bits per heavy atom. The number of carbonyl (C=O) groups is 1. The Balaban J connectivity index is 2.00. The number of hydrogen-bond acceptors (Lipinski definition) is 4. The summed E-state index contributed by atoms with van der Waals surface area (Å²) in [6, 6.07) is 8.91. The van der Waals surface area contributed by atoms with Gasteiger partial charge in [-0.15, -0.1) is 0 Å². The van der Waals surface area contributed by atoms with Crippen LogP contribution in [0, 0.1) is 11.3 Å². The molecule has 1 amide bonds. The summed E-state index contributed by atoms with van der Waals surface area (Å²) < 4.78 is 0. The van der Waals surface area contributed by atoms with Crippen molar-refractivity contribution >= 4 is 5.91 Å². The van der Waals surface area contributed by atoms with Crippen molar-refractivity contribution in [2.75, 3.05) is 13.6 Å². The van der Waals surface area contributed by atoms with Crippen LogP contribution in [-0.4, -0.2) is 34.4 Å². The molecule has 5 nitrogen and oxygen atoms in total. The van der Waals surface area contributed by atoms with Crippen molar-refractivity contribution in [3.8, 4) is 6.07 Å². The number of hydrogen-bond donors (Lipinski definition) is 0. The lowest BCUT2D eigenvalue weighted by atomic mass is 10.1. The highest BCUT2D eigenvalue weighted by Gasteiger charge is 2.12. The lowest BCUT2D eigenvalue weighted by molar-refractivity contribution is 0.0796. The van der Waals surface area contributed by atoms with Gasteiger partial charge in [0, 0.05) is 37.7 Å². The summed E-state index contributed by atoms with van der Waals surface area (Å²) in [7, 11) is 1.75. The SMILES string of the molecule is CN(CCc1ccncc1)C(=O)c1ccnc(C#N)c1. The number of likely N-dealkylation sites (N-methyl/N-ethyl adjacent to an activating group) is 1. The van der Waals surface area contributed by atoms with Crippen molar-refractivity contribution in [1.29, 1.82) is 5.26 Å². The van der Waals surface area contributed by atoms with Crippen LogP contribution in [0.4, 0.5) is 0 Å². The molecule has 2 aromatic rings. The van der Waals surface area contributed by atoms with E-state index in [0.717, 1.165) is 12.0 Å². The monoisotopic (exact) mass is 266 g/mol. The molecule has 0 unspecified atom stereocenters. The zero-order valence-electron chi connectivity index (χ0n) is 11.2. The Morgan fingerprint density at radius 3 is 2.75 bits per heavy atom. The van der Waals surface area contributed by atoms with Gasteiger partial charge in [-0.05, 0) is 36.2 Å². The number of nitrogens with zero attached hydrogens (tertiary/aromatic N) is 4. The van der Waals surface area contributed by atoms with Crippen LogP contribution < -0.4 is 0 Å². The van der Waals surface area contributed by atoms with E-state index in [0.29, 0.717) is 12.1 Å². The van der Waals surface area contributed by atoms with Crippen molar-refractivity contribution in [2.45, 2.75) is 6.42 Å². The minimum atomic E-state index is -0.113. The van der Waals surface area contributed by atoms with E-state index in [9.17, 15) is 4.79 Å². The van der Waals surface area contributed by atoms with Gasteiger partial charge < -0.3 is 4.90 Å². The highest BCUT2D eigenvalue weighted by Crippen LogP contribution is 2.06. The summed E-state index contributed by atoms with van der Waals surface area (Å²) in [4.78, 5) is 21.7. The highest BCUT2D eigenvalue weighted by atomic mass is 16.2. The number of amides is 1.